The number of aromatic hydroxyl groups is 2. The van der Waals surface area contributed by atoms with E-state index in [2.05, 4.69) is 0 Å². The maximum absolute atomic E-state index is 9.66. The Bertz CT molecular complexity index is 408. The van der Waals surface area contributed by atoms with Crippen LogP contribution in [-0.4, -0.2) is 48.8 Å². The monoisotopic (exact) mass is 298 g/mol. The lowest BCUT2D eigenvalue weighted by Gasteiger charge is -2.23. The highest BCUT2D eigenvalue weighted by atomic mass is 32.2. The number of thioether (sulfide) groups is 1. The van der Waals surface area contributed by atoms with E-state index in [4.69, 9.17) is 4.74 Å². The van der Waals surface area contributed by atoms with E-state index in [-0.39, 0.29) is 11.5 Å². The molecule has 20 heavy (non-hydrogen) atoms. The summed E-state index contributed by atoms with van der Waals surface area (Å²) < 4.78 is 5.35. The van der Waals surface area contributed by atoms with Crippen molar-refractivity contribution in [3.63, 3.8) is 0 Å². The van der Waals surface area contributed by atoms with Crippen LogP contribution in [0.2, 0.25) is 0 Å². The molecule has 0 unspecified atom stereocenters. The molecule has 1 aromatic rings. The van der Waals surface area contributed by atoms with Gasteiger partial charge in [-0.2, -0.15) is 0 Å². The zero-order chi connectivity index (χ0) is 14.2. The number of phenols is 2. The topological polar surface area (TPSA) is 54.1 Å². The normalized spacial score (nSPS) is 16.4. The van der Waals surface area contributed by atoms with Gasteiger partial charge < -0.3 is 19.8 Å². The highest BCUT2D eigenvalue weighted by Crippen LogP contribution is 2.31. The van der Waals surface area contributed by atoms with Crippen molar-refractivity contribution in [1.29, 1.82) is 0 Å². The Morgan fingerprint density at radius 2 is 1.90 bits per heavy atom. The number of benzene rings is 1. The van der Waals surface area contributed by atoms with Gasteiger partial charge in [-0.15, -0.1) is 11.8 Å². The van der Waals surface area contributed by atoms with E-state index in [0.29, 0.717) is 0 Å². The molecule has 3 N–H and O–H groups in total. The average Bonchev–Trinajstić information content (AvgIpc) is 2.47. The highest BCUT2D eigenvalue weighted by molar-refractivity contribution is 7.99. The van der Waals surface area contributed by atoms with E-state index in [1.807, 2.05) is 0 Å². The molecule has 0 aliphatic carbocycles. The molecule has 0 spiro atoms. The number of phenolic OH excluding ortho intramolecular Hbond substituents is 2. The fourth-order valence-electron chi connectivity index (χ4n) is 2.36. The average molecular weight is 298 g/mol. The predicted molar refractivity (Wildman–Crippen MR) is 80.7 cm³/mol. The quantitative estimate of drug-likeness (QED) is 0.403. The molecule has 0 radical (unpaired) electrons. The standard InChI is InChI=1S/C15H23NO3S/c17-13-4-5-14(18)15(12-13)20-11-3-1-2-6-16-7-9-19-10-8-16/h4-5,12,17-18H,1-3,6-11H2/p+1. The molecule has 0 atom stereocenters. The third-order valence-electron chi connectivity index (χ3n) is 3.58. The second-order valence-corrected chi connectivity index (χ2v) is 6.31. The first-order chi connectivity index (χ1) is 9.75. The number of quaternary nitrogens is 1. The summed E-state index contributed by atoms with van der Waals surface area (Å²) in [6, 6.07) is 4.67. The van der Waals surface area contributed by atoms with Crippen LogP contribution in [0.15, 0.2) is 23.1 Å². The molecular weight excluding hydrogens is 274 g/mol. The van der Waals surface area contributed by atoms with Crippen molar-refractivity contribution < 1.29 is 19.8 Å². The zero-order valence-corrected chi connectivity index (χ0v) is 12.6. The largest absolute Gasteiger partial charge is 0.508 e. The lowest BCUT2D eigenvalue weighted by atomic mass is 10.2. The summed E-state index contributed by atoms with van der Waals surface area (Å²) in [5.41, 5.74) is 0. The van der Waals surface area contributed by atoms with Crippen LogP contribution in [0.25, 0.3) is 0 Å². The number of ether oxygens (including phenoxy) is 1. The second kappa shape index (κ2) is 8.39. The van der Waals surface area contributed by atoms with Gasteiger partial charge in [0.15, 0.2) is 0 Å². The van der Waals surface area contributed by atoms with Gasteiger partial charge in [0.05, 0.1) is 24.7 Å². The van der Waals surface area contributed by atoms with Gasteiger partial charge in [-0.1, -0.05) is 0 Å². The molecule has 0 saturated carbocycles. The highest BCUT2D eigenvalue weighted by Gasteiger charge is 2.12. The van der Waals surface area contributed by atoms with Gasteiger partial charge in [0.25, 0.3) is 0 Å². The second-order valence-electron chi connectivity index (χ2n) is 5.17. The SMILES string of the molecule is Oc1ccc(O)c(SCCCCC[NH+]2CCOCC2)c1. The summed E-state index contributed by atoms with van der Waals surface area (Å²) in [7, 11) is 0. The minimum atomic E-state index is 0.209. The fourth-order valence-corrected chi connectivity index (χ4v) is 3.35. The molecule has 1 fully saturated rings. The van der Waals surface area contributed by atoms with Crippen LogP contribution < -0.4 is 4.90 Å². The summed E-state index contributed by atoms with van der Waals surface area (Å²) in [6.45, 7) is 5.34. The molecule has 1 saturated heterocycles. The number of hydrogen-bond acceptors (Lipinski definition) is 4. The van der Waals surface area contributed by atoms with E-state index < -0.39 is 0 Å². The molecule has 112 valence electrons. The van der Waals surface area contributed by atoms with Crippen molar-refractivity contribution in [1.82, 2.24) is 0 Å². The minimum absolute atomic E-state index is 0.209. The minimum Gasteiger partial charge on any atom is -0.508 e. The van der Waals surface area contributed by atoms with Crippen LogP contribution in [-0.2, 0) is 4.74 Å². The molecule has 2 rings (SSSR count). The Labute approximate surface area is 124 Å². The molecule has 5 heteroatoms. The van der Waals surface area contributed by atoms with E-state index in [0.717, 1.165) is 43.4 Å². The van der Waals surface area contributed by atoms with Crippen LogP contribution in [0.1, 0.15) is 19.3 Å². The van der Waals surface area contributed by atoms with Crippen molar-refractivity contribution in [2.24, 2.45) is 0 Å². The van der Waals surface area contributed by atoms with Gasteiger partial charge in [0.2, 0.25) is 0 Å². The van der Waals surface area contributed by atoms with Crippen LogP contribution >= 0.6 is 11.8 Å². The van der Waals surface area contributed by atoms with Gasteiger partial charge in [-0.25, -0.2) is 0 Å². The molecule has 0 bridgehead atoms. The molecule has 0 aromatic heterocycles. The van der Waals surface area contributed by atoms with Gasteiger partial charge in [0, 0.05) is 0 Å². The van der Waals surface area contributed by atoms with Crippen LogP contribution in [0.4, 0.5) is 0 Å². The number of rotatable bonds is 7. The molecule has 1 aliphatic rings. The molecule has 1 aliphatic heterocycles. The Hall–Kier alpha value is -0.910. The van der Waals surface area contributed by atoms with E-state index in [1.165, 1.54) is 25.5 Å². The fraction of sp³-hybridized carbons (Fsp3) is 0.600. The van der Waals surface area contributed by atoms with Gasteiger partial charge >= 0.3 is 0 Å². The Morgan fingerprint density at radius 3 is 2.70 bits per heavy atom. The zero-order valence-electron chi connectivity index (χ0n) is 11.8. The van der Waals surface area contributed by atoms with E-state index in [1.54, 1.807) is 28.8 Å². The molecule has 4 nitrogen and oxygen atoms in total. The first-order valence-corrected chi connectivity index (χ1v) is 8.30. The van der Waals surface area contributed by atoms with Crippen molar-refractivity contribution >= 4 is 11.8 Å². The predicted octanol–water partition coefficient (Wildman–Crippen LogP) is 1.28. The third kappa shape index (κ3) is 5.23. The lowest BCUT2D eigenvalue weighted by Crippen LogP contribution is -3.14. The van der Waals surface area contributed by atoms with Crippen LogP contribution in [0.5, 0.6) is 11.5 Å². The van der Waals surface area contributed by atoms with Crippen molar-refractivity contribution in [3.05, 3.63) is 18.2 Å². The lowest BCUT2D eigenvalue weighted by molar-refractivity contribution is -0.908. The van der Waals surface area contributed by atoms with Gasteiger partial charge in [-0.3, -0.25) is 0 Å². The molecule has 0 amide bonds. The van der Waals surface area contributed by atoms with E-state index in [9.17, 15) is 10.2 Å². The first kappa shape index (κ1) is 15.5. The Balaban J connectivity index is 1.56. The summed E-state index contributed by atoms with van der Waals surface area (Å²) in [5.74, 6) is 1.45. The van der Waals surface area contributed by atoms with Crippen LogP contribution in [0.3, 0.4) is 0 Å². The first-order valence-electron chi connectivity index (χ1n) is 7.32. The smallest absolute Gasteiger partial charge is 0.129 e. The number of morpholine rings is 1. The number of nitrogens with one attached hydrogen (secondary N) is 1. The van der Waals surface area contributed by atoms with Crippen molar-refractivity contribution in [3.8, 4) is 11.5 Å². The number of unbranched alkanes of at least 4 members (excludes halogenated alkanes) is 2. The molecule has 1 aromatic carbocycles. The molecular formula is C15H24NO3S+. The third-order valence-corrected chi connectivity index (χ3v) is 4.71. The summed E-state index contributed by atoms with van der Waals surface area (Å²) in [6.07, 6.45) is 3.61. The van der Waals surface area contributed by atoms with Crippen LogP contribution in [0, 0.1) is 0 Å². The Kier molecular flexibility index (Phi) is 6.50. The number of hydrogen-bond donors (Lipinski definition) is 3. The molecule has 1 heterocycles. The summed E-state index contributed by atoms with van der Waals surface area (Å²) in [5, 5.41) is 19.0. The summed E-state index contributed by atoms with van der Waals surface area (Å²) >= 11 is 1.61. The van der Waals surface area contributed by atoms with E-state index >= 15 is 0 Å². The van der Waals surface area contributed by atoms with Crippen molar-refractivity contribution in [2.75, 3.05) is 38.6 Å². The summed E-state index contributed by atoms with van der Waals surface area (Å²) in [4.78, 5) is 2.43. The maximum atomic E-state index is 9.66. The maximum Gasteiger partial charge on any atom is 0.129 e. The van der Waals surface area contributed by atoms with Gasteiger partial charge in [-0.05, 0) is 43.2 Å². The van der Waals surface area contributed by atoms with Gasteiger partial charge in [0.1, 0.15) is 24.6 Å². The Morgan fingerprint density at radius 1 is 1.10 bits per heavy atom. The van der Waals surface area contributed by atoms with Crippen molar-refractivity contribution in [2.45, 2.75) is 24.2 Å².